The molecule has 198 valence electrons. The molecule has 2 amide bonds. The van der Waals surface area contributed by atoms with Gasteiger partial charge < -0.3 is 30.0 Å². The molecule has 0 radical (unpaired) electrons. The van der Waals surface area contributed by atoms with Crippen molar-refractivity contribution in [2.45, 2.75) is 33.0 Å². The minimum absolute atomic E-state index is 0.117. The molecule has 2 atom stereocenters. The smallest absolute Gasteiger partial charge is 0.337 e. The highest BCUT2D eigenvalue weighted by atomic mass is 79.9. The van der Waals surface area contributed by atoms with Gasteiger partial charge in [0.2, 0.25) is 0 Å². The highest BCUT2D eigenvalue weighted by molar-refractivity contribution is 9.11. The van der Waals surface area contributed by atoms with Gasteiger partial charge in [0.05, 0.1) is 31.5 Å². The Labute approximate surface area is 231 Å². The number of nitrogens with one attached hydrogen (secondary N) is 3. The zero-order chi connectivity index (χ0) is 27.1. The molecule has 0 bridgehead atoms. The number of hydrazone groups is 1. The Hall–Kier alpha value is -3.09. The fourth-order valence-electron chi connectivity index (χ4n) is 3.56. The van der Waals surface area contributed by atoms with Crippen LogP contribution in [0.15, 0.2) is 55.6 Å². The van der Waals surface area contributed by atoms with E-state index < -0.39 is 24.3 Å². The summed E-state index contributed by atoms with van der Waals surface area (Å²) in [6.07, 6.45) is 0.489. The molecule has 4 N–H and O–H groups in total. The summed E-state index contributed by atoms with van der Waals surface area (Å²) in [6, 6.07) is 7.68. The Morgan fingerprint density at radius 1 is 1.19 bits per heavy atom. The number of urea groups is 1. The second-order valence-electron chi connectivity index (χ2n) is 8.02. The lowest BCUT2D eigenvalue weighted by Crippen LogP contribution is -2.45. The Kier molecular flexibility index (Phi) is 9.95. The zero-order valence-electron chi connectivity index (χ0n) is 20.7. The van der Waals surface area contributed by atoms with E-state index in [0.717, 1.165) is 20.1 Å². The van der Waals surface area contributed by atoms with Gasteiger partial charge >= 0.3 is 12.0 Å². The van der Waals surface area contributed by atoms with Gasteiger partial charge in [-0.05, 0) is 61.7 Å². The van der Waals surface area contributed by atoms with Crippen LogP contribution in [-0.2, 0) is 9.53 Å². The molecule has 1 aliphatic heterocycles. The summed E-state index contributed by atoms with van der Waals surface area (Å²) in [5.41, 5.74) is 5.81. The van der Waals surface area contributed by atoms with Crippen LogP contribution in [-0.4, -0.2) is 49.9 Å². The van der Waals surface area contributed by atoms with Crippen LogP contribution in [0.5, 0.6) is 11.5 Å². The minimum Gasteiger partial charge on any atom is -0.490 e. The number of rotatable bonds is 10. The summed E-state index contributed by atoms with van der Waals surface area (Å²) in [4.78, 5) is 24.4. The molecule has 37 heavy (non-hydrogen) atoms. The molecule has 1 heterocycles. The first-order valence-corrected chi connectivity index (χ1v) is 12.9. The van der Waals surface area contributed by atoms with Crippen molar-refractivity contribution >= 4 is 50.1 Å². The van der Waals surface area contributed by atoms with Crippen LogP contribution in [0.2, 0.25) is 0 Å². The predicted octanol–water partition coefficient (Wildman–Crippen LogP) is 4.04. The number of allylic oxidation sites excluding steroid dienone is 1. The van der Waals surface area contributed by atoms with Crippen molar-refractivity contribution in [3.8, 4) is 11.5 Å². The van der Waals surface area contributed by atoms with Gasteiger partial charge in [-0.2, -0.15) is 5.10 Å². The monoisotopic (exact) mass is 638 g/mol. The third-order valence-electron chi connectivity index (χ3n) is 5.41. The standard InChI is InChI=1S/C25H28Br2N4O6/c1-5-36-20-10-16(23-22(24(33)35-4)14(3)29-25(34)30-23)6-7-19(20)37-12-21(32)31-28-11-15-8-17(26)13(2)18(27)9-15/h6-11,21,23,31-32H,5,12H2,1-4H3,(H2,29,30,34)/b28-11+/t21-,23+/m1/s1. The van der Waals surface area contributed by atoms with Crippen molar-refractivity contribution in [1.82, 2.24) is 16.1 Å². The average molecular weight is 640 g/mol. The van der Waals surface area contributed by atoms with Crippen molar-refractivity contribution in [3.63, 3.8) is 0 Å². The molecule has 0 spiro atoms. The van der Waals surface area contributed by atoms with E-state index in [4.69, 9.17) is 14.2 Å². The van der Waals surface area contributed by atoms with Crippen LogP contribution in [0, 0.1) is 6.92 Å². The molecule has 2 aromatic rings. The van der Waals surface area contributed by atoms with Crippen molar-refractivity contribution < 1.29 is 28.9 Å². The summed E-state index contributed by atoms with van der Waals surface area (Å²) in [5.74, 6) is 0.204. The number of nitrogens with zero attached hydrogens (tertiary/aromatic N) is 1. The third kappa shape index (κ3) is 7.24. The first kappa shape index (κ1) is 28.5. The van der Waals surface area contributed by atoms with Crippen molar-refractivity contribution in [1.29, 1.82) is 0 Å². The molecule has 0 aromatic heterocycles. The van der Waals surface area contributed by atoms with Crippen LogP contribution in [0.25, 0.3) is 0 Å². The number of aliphatic hydroxyl groups excluding tert-OH is 1. The van der Waals surface area contributed by atoms with E-state index in [-0.39, 0.29) is 12.2 Å². The number of benzene rings is 2. The van der Waals surface area contributed by atoms with Gasteiger partial charge in [-0.25, -0.2) is 9.59 Å². The van der Waals surface area contributed by atoms with E-state index in [1.165, 1.54) is 7.11 Å². The number of carbonyl (C=O) groups is 2. The Morgan fingerprint density at radius 2 is 1.89 bits per heavy atom. The Morgan fingerprint density at radius 3 is 2.54 bits per heavy atom. The second kappa shape index (κ2) is 12.9. The second-order valence-corrected chi connectivity index (χ2v) is 9.73. The van der Waals surface area contributed by atoms with E-state index in [1.807, 2.05) is 26.0 Å². The lowest BCUT2D eigenvalue weighted by molar-refractivity contribution is -0.136. The van der Waals surface area contributed by atoms with E-state index in [1.54, 1.807) is 31.3 Å². The average Bonchev–Trinajstić information content (AvgIpc) is 2.85. The topological polar surface area (TPSA) is 131 Å². The number of halogens is 2. The van der Waals surface area contributed by atoms with Gasteiger partial charge in [0, 0.05) is 14.6 Å². The van der Waals surface area contributed by atoms with Crippen LogP contribution in [0.3, 0.4) is 0 Å². The van der Waals surface area contributed by atoms with Crippen LogP contribution >= 0.6 is 31.9 Å². The summed E-state index contributed by atoms with van der Waals surface area (Å²) in [7, 11) is 1.28. The van der Waals surface area contributed by atoms with Gasteiger partial charge in [-0.1, -0.05) is 37.9 Å². The summed E-state index contributed by atoms with van der Waals surface area (Å²) < 4.78 is 18.3. The lowest BCUT2D eigenvalue weighted by atomic mass is 9.95. The molecular formula is C25H28Br2N4O6. The number of esters is 1. The maximum atomic E-state index is 12.4. The summed E-state index contributed by atoms with van der Waals surface area (Å²) in [5, 5.41) is 19.7. The van der Waals surface area contributed by atoms with E-state index >= 15 is 0 Å². The van der Waals surface area contributed by atoms with Gasteiger partial charge in [0.1, 0.15) is 6.61 Å². The molecule has 3 rings (SSSR count). The molecule has 0 aliphatic carbocycles. The SMILES string of the molecule is CCOc1cc([C@@H]2NC(=O)NC(C)=C2C(=O)OC)ccc1OC[C@@H](O)N/N=C/c1cc(Br)c(C)c(Br)c1. The third-order valence-corrected chi connectivity index (χ3v) is 7.06. The van der Waals surface area contributed by atoms with E-state index in [2.05, 4.69) is 53.0 Å². The molecule has 0 saturated carbocycles. The van der Waals surface area contributed by atoms with E-state index in [9.17, 15) is 14.7 Å². The summed E-state index contributed by atoms with van der Waals surface area (Å²) in [6.45, 7) is 5.67. The molecule has 0 fully saturated rings. The highest BCUT2D eigenvalue weighted by Gasteiger charge is 2.32. The maximum Gasteiger partial charge on any atom is 0.337 e. The Bertz CT molecular complexity index is 1210. The minimum atomic E-state index is -1.09. The van der Waals surface area contributed by atoms with Gasteiger partial charge in [0.15, 0.2) is 17.7 Å². The van der Waals surface area contributed by atoms with Gasteiger partial charge in [0.25, 0.3) is 0 Å². The van der Waals surface area contributed by atoms with Crippen molar-refractivity contribution in [3.05, 3.63) is 67.2 Å². The lowest BCUT2D eigenvalue weighted by Gasteiger charge is -2.28. The fourth-order valence-corrected chi connectivity index (χ4v) is 4.78. The normalized spacial score (nSPS) is 16.2. The zero-order valence-corrected chi connectivity index (χ0v) is 23.9. The number of amides is 2. The summed E-state index contributed by atoms with van der Waals surface area (Å²) >= 11 is 6.99. The fraction of sp³-hybridized carbons (Fsp3) is 0.320. The number of hydrogen-bond donors (Lipinski definition) is 4. The highest BCUT2D eigenvalue weighted by Crippen LogP contribution is 2.35. The van der Waals surface area contributed by atoms with Gasteiger partial charge in [-0.3, -0.25) is 5.43 Å². The molecule has 10 nitrogen and oxygen atoms in total. The number of hydrogen-bond acceptors (Lipinski definition) is 8. The van der Waals surface area contributed by atoms with Crippen molar-refractivity contribution in [2.24, 2.45) is 5.10 Å². The maximum absolute atomic E-state index is 12.4. The van der Waals surface area contributed by atoms with Crippen LogP contribution < -0.4 is 25.5 Å². The Balaban J connectivity index is 1.71. The first-order valence-electron chi connectivity index (χ1n) is 11.3. The first-order chi connectivity index (χ1) is 17.6. The number of carbonyl (C=O) groups excluding carboxylic acids is 2. The number of ether oxygens (including phenoxy) is 3. The molecular weight excluding hydrogens is 612 g/mol. The predicted molar refractivity (Wildman–Crippen MR) is 146 cm³/mol. The van der Waals surface area contributed by atoms with E-state index in [0.29, 0.717) is 29.4 Å². The molecule has 2 aromatic carbocycles. The van der Waals surface area contributed by atoms with Gasteiger partial charge in [-0.15, -0.1) is 0 Å². The molecule has 1 aliphatic rings. The quantitative estimate of drug-likeness (QED) is 0.134. The van der Waals surface area contributed by atoms with Crippen molar-refractivity contribution in [2.75, 3.05) is 20.3 Å². The number of methoxy groups -OCH3 is 1. The largest absolute Gasteiger partial charge is 0.490 e. The molecule has 12 heteroatoms. The van der Waals surface area contributed by atoms with Crippen LogP contribution in [0.1, 0.15) is 36.6 Å². The molecule has 0 unspecified atom stereocenters. The van der Waals surface area contributed by atoms with Crippen LogP contribution in [0.4, 0.5) is 4.79 Å². The number of aliphatic hydroxyl groups is 1. The molecule has 0 saturated heterocycles.